The smallest absolute Gasteiger partial charge is 0.550 e. The molecule has 0 bridgehead atoms. The monoisotopic (exact) mass is 658 g/mol. The molecule has 0 rings (SSSR count). The Bertz CT molecular complexity index is 536. The summed E-state index contributed by atoms with van der Waals surface area (Å²) in [5, 5.41) is 11.1. The molecule has 0 aromatic carbocycles. The first-order chi connectivity index (χ1) is 22.2. The van der Waals surface area contributed by atoms with Gasteiger partial charge in [0, 0.05) is 12.0 Å². The van der Waals surface area contributed by atoms with E-state index in [1.807, 2.05) is 0 Å². The normalized spacial score (nSPS) is 12.1. The fourth-order valence-corrected chi connectivity index (χ4v) is 7.13. The number of hydrogen-bond acceptors (Lipinski definition) is 3. The predicted octanol–water partition coefficient (Wildman–Crippen LogP) is 10.1. The van der Waals surface area contributed by atoms with Crippen LogP contribution >= 0.6 is 0 Å². The van der Waals surface area contributed by atoms with Crippen LogP contribution in [0.1, 0.15) is 245 Å². The van der Waals surface area contributed by atoms with Crippen LogP contribution in [0.5, 0.6) is 0 Å². The summed E-state index contributed by atoms with van der Waals surface area (Å²) in [6.07, 6.45) is 47.0. The summed E-state index contributed by atoms with van der Waals surface area (Å²) in [6, 6.07) is 0.399. The van der Waals surface area contributed by atoms with E-state index in [0.29, 0.717) is 6.04 Å². The average Bonchev–Trinajstić information content (AvgIpc) is 3.04. The van der Waals surface area contributed by atoms with E-state index in [0.717, 1.165) is 25.9 Å². The SMILES string of the molecule is CCCCCCCCCCCCCCCCCCN(CCCCCCCCCCCCCCCCCC)C(CC)CCC(=O)[O-].[Na+]. The molecule has 0 spiro atoms. The maximum atomic E-state index is 11.1. The van der Waals surface area contributed by atoms with Crippen molar-refractivity contribution < 1.29 is 39.5 Å². The Hall–Kier alpha value is 0.430. The van der Waals surface area contributed by atoms with E-state index < -0.39 is 5.97 Å². The maximum absolute atomic E-state index is 11.1. The second-order valence-electron chi connectivity index (χ2n) is 14.6. The maximum Gasteiger partial charge on any atom is 1.00 e. The average molecular weight is 658 g/mol. The summed E-state index contributed by atoms with van der Waals surface area (Å²) >= 11 is 0. The first-order valence-corrected chi connectivity index (χ1v) is 21.1. The third-order valence-electron chi connectivity index (χ3n) is 10.3. The number of aliphatic carboxylic acids is 1. The van der Waals surface area contributed by atoms with E-state index in [9.17, 15) is 9.90 Å². The molecule has 0 heterocycles. The molecule has 0 N–H and O–H groups in total. The first-order valence-electron chi connectivity index (χ1n) is 21.1. The number of hydrogen-bond donors (Lipinski definition) is 0. The summed E-state index contributed by atoms with van der Waals surface area (Å²) < 4.78 is 0. The third kappa shape index (κ3) is 37.3. The molecule has 0 aliphatic rings. The molecule has 0 saturated heterocycles. The molecule has 46 heavy (non-hydrogen) atoms. The minimum Gasteiger partial charge on any atom is -0.550 e. The Kier molecular flexibility index (Phi) is 43.9. The van der Waals surface area contributed by atoms with Crippen LogP contribution in [0, 0.1) is 0 Å². The molecule has 1 atom stereocenters. The molecule has 0 aromatic heterocycles. The molecule has 270 valence electrons. The van der Waals surface area contributed by atoms with Gasteiger partial charge in [-0.1, -0.05) is 213 Å². The Morgan fingerprint density at radius 3 is 0.891 bits per heavy atom. The minimum absolute atomic E-state index is 0. The number of unbranched alkanes of at least 4 members (excludes halogenated alkanes) is 30. The van der Waals surface area contributed by atoms with Crippen LogP contribution < -0.4 is 34.7 Å². The molecule has 0 saturated carbocycles. The van der Waals surface area contributed by atoms with Crippen LogP contribution in [-0.4, -0.2) is 30.0 Å². The largest absolute Gasteiger partial charge is 1.00 e. The van der Waals surface area contributed by atoms with E-state index in [4.69, 9.17) is 0 Å². The van der Waals surface area contributed by atoms with Gasteiger partial charge in [0.15, 0.2) is 0 Å². The standard InChI is InChI=1S/C42H85NO2.Na/c1-4-7-9-11-13-15-17-19-21-23-25-27-29-31-33-35-39-43(41(6-3)37-38-42(44)45)40-36-34-32-30-28-26-24-22-20-18-16-14-12-10-8-5-2;/h41H,4-40H2,1-3H3,(H,44,45);/q;+1/p-1. The van der Waals surface area contributed by atoms with Crippen molar-refractivity contribution in [2.45, 2.75) is 252 Å². The van der Waals surface area contributed by atoms with E-state index in [-0.39, 0.29) is 36.0 Å². The van der Waals surface area contributed by atoms with E-state index in [2.05, 4.69) is 25.7 Å². The minimum atomic E-state index is -0.891. The zero-order valence-corrected chi connectivity index (χ0v) is 34.5. The van der Waals surface area contributed by atoms with Gasteiger partial charge in [-0.15, -0.1) is 0 Å². The second-order valence-corrected chi connectivity index (χ2v) is 14.6. The van der Waals surface area contributed by atoms with Crippen LogP contribution in [-0.2, 0) is 4.79 Å². The molecule has 0 aliphatic heterocycles. The van der Waals surface area contributed by atoms with Crippen LogP contribution in [0.3, 0.4) is 0 Å². The Morgan fingerprint density at radius 2 is 0.674 bits per heavy atom. The Labute approximate surface area is 313 Å². The quantitative estimate of drug-likeness (QED) is 0.0488. The number of carboxylic acid groups (broad SMARTS) is 1. The van der Waals surface area contributed by atoms with Crippen LogP contribution in [0.25, 0.3) is 0 Å². The molecular weight excluding hydrogens is 573 g/mol. The van der Waals surface area contributed by atoms with Crippen molar-refractivity contribution in [3.63, 3.8) is 0 Å². The van der Waals surface area contributed by atoms with Crippen LogP contribution in [0.15, 0.2) is 0 Å². The van der Waals surface area contributed by atoms with Gasteiger partial charge in [-0.25, -0.2) is 0 Å². The van der Waals surface area contributed by atoms with Gasteiger partial charge < -0.3 is 14.8 Å². The molecule has 0 radical (unpaired) electrons. The topological polar surface area (TPSA) is 43.4 Å². The number of nitrogens with zero attached hydrogens (tertiary/aromatic N) is 1. The summed E-state index contributed by atoms with van der Waals surface area (Å²) in [4.78, 5) is 13.8. The molecule has 0 amide bonds. The Morgan fingerprint density at radius 1 is 0.435 bits per heavy atom. The van der Waals surface area contributed by atoms with Gasteiger partial charge in [-0.2, -0.15) is 0 Å². The van der Waals surface area contributed by atoms with Crippen molar-refractivity contribution in [3.05, 3.63) is 0 Å². The Balaban J connectivity index is 0. The number of carbonyl (C=O) groups excluding carboxylic acids is 1. The second kappa shape index (κ2) is 41.6. The molecule has 0 fully saturated rings. The van der Waals surface area contributed by atoms with Gasteiger partial charge in [0.2, 0.25) is 0 Å². The number of carbonyl (C=O) groups is 1. The predicted molar refractivity (Wildman–Crippen MR) is 199 cm³/mol. The molecule has 3 nitrogen and oxygen atoms in total. The summed E-state index contributed by atoms with van der Waals surface area (Å²) in [7, 11) is 0. The number of carboxylic acids is 1. The van der Waals surface area contributed by atoms with Gasteiger partial charge in [0.25, 0.3) is 0 Å². The first kappa shape index (κ1) is 48.5. The van der Waals surface area contributed by atoms with Crippen molar-refractivity contribution in [3.8, 4) is 0 Å². The van der Waals surface area contributed by atoms with Crippen LogP contribution in [0.4, 0.5) is 0 Å². The van der Waals surface area contributed by atoms with Gasteiger partial charge in [-0.3, -0.25) is 0 Å². The van der Waals surface area contributed by atoms with Gasteiger partial charge in [0.1, 0.15) is 0 Å². The third-order valence-corrected chi connectivity index (χ3v) is 10.3. The number of rotatable bonds is 39. The zero-order valence-electron chi connectivity index (χ0n) is 32.5. The van der Waals surface area contributed by atoms with Crippen molar-refractivity contribution >= 4 is 5.97 Å². The van der Waals surface area contributed by atoms with Gasteiger partial charge in [0.05, 0.1) is 0 Å². The van der Waals surface area contributed by atoms with E-state index in [1.165, 1.54) is 205 Å². The van der Waals surface area contributed by atoms with Crippen molar-refractivity contribution in [1.29, 1.82) is 0 Å². The molecule has 1 unspecified atom stereocenters. The molecule has 4 heteroatoms. The molecule has 0 aromatic rings. The molecular formula is C42H84NNaO2. The summed E-state index contributed by atoms with van der Waals surface area (Å²) in [6.45, 7) is 9.10. The van der Waals surface area contributed by atoms with Crippen molar-refractivity contribution in [1.82, 2.24) is 4.90 Å². The van der Waals surface area contributed by atoms with Crippen LogP contribution in [0.2, 0.25) is 0 Å². The molecule has 0 aliphatic carbocycles. The van der Waals surface area contributed by atoms with Crippen molar-refractivity contribution in [2.75, 3.05) is 13.1 Å². The van der Waals surface area contributed by atoms with E-state index >= 15 is 0 Å². The van der Waals surface area contributed by atoms with Gasteiger partial charge in [-0.05, 0) is 45.2 Å². The fourth-order valence-electron chi connectivity index (χ4n) is 7.13. The fraction of sp³-hybridized carbons (Fsp3) is 0.976. The summed E-state index contributed by atoms with van der Waals surface area (Å²) in [5.74, 6) is -0.891. The van der Waals surface area contributed by atoms with Crippen molar-refractivity contribution in [2.24, 2.45) is 0 Å². The van der Waals surface area contributed by atoms with E-state index in [1.54, 1.807) is 0 Å². The summed E-state index contributed by atoms with van der Waals surface area (Å²) in [5.41, 5.74) is 0. The zero-order chi connectivity index (χ0) is 32.9. The van der Waals surface area contributed by atoms with Gasteiger partial charge >= 0.3 is 29.6 Å².